The van der Waals surface area contributed by atoms with Crippen molar-refractivity contribution in [2.24, 2.45) is 5.41 Å². The Morgan fingerprint density at radius 1 is 1.48 bits per heavy atom. The summed E-state index contributed by atoms with van der Waals surface area (Å²) in [6.45, 7) is 3.52. The second-order valence-corrected chi connectivity index (χ2v) is 6.24. The van der Waals surface area contributed by atoms with E-state index in [1.807, 2.05) is 6.92 Å². The zero-order valence-corrected chi connectivity index (χ0v) is 12.9. The molecule has 1 fully saturated rings. The normalized spacial score (nSPS) is 25.0. The topological polar surface area (TPSA) is 69.6 Å². The quantitative estimate of drug-likeness (QED) is 0.740. The number of hydrogen-bond donors (Lipinski definition) is 2. The van der Waals surface area contributed by atoms with E-state index < -0.39 is 11.4 Å². The first-order valence-electron chi connectivity index (χ1n) is 8.01. The fourth-order valence-electron chi connectivity index (χ4n) is 3.42. The number of carboxylic acid groups (broad SMARTS) is 1. The first-order chi connectivity index (χ1) is 10.1. The van der Waals surface area contributed by atoms with Crippen LogP contribution in [0.1, 0.15) is 51.9 Å². The molecular weight excluding hydrogens is 268 g/mol. The molecule has 1 aliphatic heterocycles. The molecule has 118 valence electrons. The van der Waals surface area contributed by atoms with Crippen molar-refractivity contribution < 1.29 is 14.7 Å². The smallest absolute Gasteiger partial charge is 0.317 e. The van der Waals surface area contributed by atoms with Crippen molar-refractivity contribution in [3.63, 3.8) is 0 Å². The molecule has 1 atom stereocenters. The third-order valence-corrected chi connectivity index (χ3v) is 4.68. The molecule has 0 aromatic heterocycles. The average molecular weight is 294 g/mol. The summed E-state index contributed by atoms with van der Waals surface area (Å²) >= 11 is 0. The number of likely N-dealkylation sites (tertiary alicyclic amines) is 1. The number of aliphatic carboxylic acids is 1. The van der Waals surface area contributed by atoms with Crippen LogP contribution in [0.4, 0.5) is 4.79 Å². The highest BCUT2D eigenvalue weighted by molar-refractivity contribution is 5.79. The number of urea groups is 1. The molecule has 5 nitrogen and oxygen atoms in total. The molecule has 1 aliphatic carbocycles. The van der Waals surface area contributed by atoms with Crippen molar-refractivity contribution in [1.29, 1.82) is 0 Å². The lowest BCUT2D eigenvalue weighted by Gasteiger charge is -2.24. The first-order valence-corrected chi connectivity index (χ1v) is 8.01. The SMILES string of the molecule is CCCC1(C(=O)O)CCN(C(=O)NCCC2=CCCC2)C1. The maximum absolute atomic E-state index is 12.1. The van der Waals surface area contributed by atoms with Gasteiger partial charge in [-0.2, -0.15) is 0 Å². The molecular formula is C16H26N2O3. The van der Waals surface area contributed by atoms with E-state index in [1.54, 1.807) is 4.90 Å². The number of nitrogens with one attached hydrogen (secondary N) is 1. The van der Waals surface area contributed by atoms with Gasteiger partial charge in [0.2, 0.25) is 0 Å². The minimum Gasteiger partial charge on any atom is -0.481 e. The second-order valence-electron chi connectivity index (χ2n) is 6.24. The molecule has 0 saturated carbocycles. The molecule has 0 aromatic carbocycles. The van der Waals surface area contributed by atoms with Gasteiger partial charge in [-0.25, -0.2) is 4.79 Å². The van der Waals surface area contributed by atoms with E-state index in [0.29, 0.717) is 32.5 Å². The Balaban J connectivity index is 1.79. The molecule has 5 heteroatoms. The van der Waals surface area contributed by atoms with Crippen molar-refractivity contribution in [3.05, 3.63) is 11.6 Å². The summed E-state index contributed by atoms with van der Waals surface area (Å²) in [5.74, 6) is -0.768. The number of allylic oxidation sites excluding steroid dienone is 1. The van der Waals surface area contributed by atoms with Gasteiger partial charge in [0.25, 0.3) is 0 Å². The molecule has 21 heavy (non-hydrogen) atoms. The molecule has 2 amide bonds. The van der Waals surface area contributed by atoms with Crippen LogP contribution < -0.4 is 5.32 Å². The molecule has 0 bridgehead atoms. The van der Waals surface area contributed by atoms with E-state index in [1.165, 1.54) is 12.0 Å². The number of carbonyl (C=O) groups is 2. The van der Waals surface area contributed by atoms with E-state index in [9.17, 15) is 14.7 Å². The van der Waals surface area contributed by atoms with Crippen molar-refractivity contribution >= 4 is 12.0 Å². The molecule has 2 aliphatic rings. The van der Waals surface area contributed by atoms with Crippen LogP contribution in [-0.2, 0) is 4.79 Å². The van der Waals surface area contributed by atoms with Crippen LogP contribution >= 0.6 is 0 Å². The standard InChI is InChI=1S/C16H26N2O3/c1-2-8-16(14(19)20)9-11-18(12-16)15(21)17-10-7-13-5-3-4-6-13/h5H,2-4,6-12H2,1H3,(H,17,21)(H,19,20). The molecule has 0 radical (unpaired) electrons. The summed E-state index contributed by atoms with van der Waals surface area (Å²) in [4.78, 5) is 25.3. The summed E-state index contributed by atoms with van der Waals surface area (Å²) in [5.41, 5.74) is 0.697. The molecule has 2 N–H and O–H groups in total. The third kappa shape index (κ3) is 3.77. The van der Waals surface area contributed by atoms with Gasteiger partial charge in [-0.05, 0) is 38.5 Å². The molecule has 0 aromatic rings. The third-order valence-electron chi connectivity index (χ3n) is 4.68. The summed E-state index contributed by atoms with van der Waals surface area (Å²) in [6, 6.07) is -0.118. The molecule has 2 rings (SSSR count). The van der Waals surface area contributed by atoms with Crippen LogP contribution in [0.25, 0.3) is 0 Å². The van der Waals surface area contributed by atoms with E-state index in [0.717, 1.165) is 25.7 Å². The monoisotopic (exact) mass is 294 g/mol. The first kappa shape index (κ1) is 15.9. The maximum atomic E-state index is 12.1. The fraction of sp³-hybridized carbons (Fsp3) is 0.750. The Kier molecular flexibility index (Phi) is 5.26. The van der Waals surface area contributed by atoms with Gasteiger partial charge < -0.3 is 15.3 Å². The fourth-order valence-corrected chi connectivity index (χ4v) is 3.42. The average Bonchev–Trinajstić information content (AvgIpc) is 3.09. The van der Waals surface area contributed by atoms with E-state index >= 15 is 0 Å². The minimum absolute atomic E-state index is 0.118. The Labute approximate surface area is 126 Å². The minimum atomic E-state index is -0.768. The Bertz CT molecular complexity index is 433. The van der Waals surface area contributed by atoms with Crippen LogP contribution in [0.3, 0.4) is 0 Å². The van der Waals surface area contributed by atoms with Crippen LogP contribution in [0.15, 0.2) is 11.6 Å². The summed E-state index contributed by atoms with van der Waals surface area (Å²) in [5, 5.41) is 12.4. The predicted octanol–water partition coefficient (Wildman–Crippen LogP) is 2.77. The molecule has 0 spiro atoms. The number of hydrogen-bond acceptors (Lipinski definition) is 2. The van der Waals surface area contributed by atoms with Gasteiger partial charge in [0.1, 0.15) is 0 Å². The van der Waals surface area contributed by atoms with E-state index in [-0.39, 0.29) is 6.03 Å². The lowest BCUT2D eigenvalue weighted by molar-refractivity contribution is -0.148. The lowest BCUT2D eigenvalue weighted by atomic mass is 9.83. The lowest BCUT2D eigenvalue weighted by Crippen LogP contribution is -2.42. The summed E-state index contributed by atoms with van der Waals surface area (Å²) < 4.78 is 0. The number of carbonyl (C=O) groups excluding carboxylic acids is 1. The number of rotatable bonds is 6. The summed E-state index contributed by atoms with van der Waals surface area (Å²) in [6.07, 6.45) is 8.75. The molecule has 1 unspecified atom stereocenters. The van der Waals surface area contributed by atoms with E-state index in [4.69, 9.17) is 0 Å². The zero-order valence-electron chi connectivity index (χ0n) is 12.9. The summed E-state index contributed by atoms with van der Waals surface area (Å²) in [7, 11) is 0. The van der Waals surface area contributed by atoms with E-state index in [2.05, 4.69) is 11.4 Å². The zero-order chi connectivity index (χ0) is 15.3. The van der Waals surface area contributed by atoms with Gasteiger partial charge in [-0.1, -0.05) is 25.0 Å². The van der Waals surface area contributed by atoms with Gasteiger partial charge in [-0.15, -0.1) is 0 Å². The largest absolute Gasteiger partial charge is 0.481 e. The van der Waals surface area contributed by atoms with Crippen LogP contribution in [-0.4, -0.2) is 41.6 Å². The predicted molar refractivity (Wildman–Crippen MR) is 81.1 cm³/mol. The van der Waals surface area contributed by atoms with Crippen LogP contribution in [0.5, 0.6) is 0 Å². The van der Waals surface area contributed by atoms with Crippen molar-refractivity contribution in [2.75, 3.05) is 19.6 Å². The highest BCUT2D eigenvalue weighted by atomic mass is 16.4. The molecule has 1 saturated heterocycles. The number of nitrogens with zero attached hydrogens (tertiary/aromatic N) is 1. The van der Waals surface area contributed by atoms with Gasteiger partial charge in [-0.3, -0.25) is 4.79 Å². The maximum Gasteiger partial charge on any atom is 0.317 e. The number of amides is 2. The Morgan fingerprint density at radius 3 is 2.90 bits per heavy atom. The van der Waals surface area contributed by atoms with Gasteiger partial charge >= 0.3 is 12.0 Å². The highest BCUT2D eigenvalue weighted by Gasteiger charge is 2.45. The van der Waals surface area contributed by atoms with Crippen molar-refractivity contribution in [3.8, 4) is 0 Å². The highest BCUT2D eigenvalue weighted by Crippen LogP contribution is 2.35. The van der Waals surface area contributed by atoms with Gasteiger partial charge in [0, 0.05) is 19.6 Å². The Hall–Kier alpha value is -1.52. The Morgan fingerprint density at radius 2 is 2.29 bits per heavy atom. The van der Waals surface area contributed by atoms with Crippen molar-refractivity contribution in [2.45, 2.75) is 51.9 Å². The van der Waals surface area contributed by atoms with Gasteiger partial charge in [0.15, 0.2) is 0 Å². The molecule has 1 heterocycles. The van der Waals surface area contributed by atoms with Crippen molar-refractivity contribution in [1.82, 2.24) is 10.2 Å². The second kappa shape index (κ2) is 6.96. The van der Waals surface area contributed by atoms with Gasteiger partial charge in [0.05, 0.1) is 5.41 Å². The number of carboxylic acids is 1. The van der Waals surface area contributed by atoms with Crippen LogP contribution in [0, 0.1) is 5.41 Å². The van der Waals surface area contributed by atoms with Crippen LogP contribution in [0.2, 0.25) is 0 Å².